The van der Waals surface area contributed by atoms with Crippen LogP contribution in [-0.2, 0) is 0 Å². The molecule has 200 valence electrons. The third-order valence-corrected chi connectivity index (χ3v) is 9.60. The van der Waals surface area contributed by atoms with Crippen LogP contribution in [0.3, 0.4) is 0 Å². The van der Waals surface area contributed by atoms with E-state index in [-0.39, 0.29) is 16.4 Å². The van der Waals surface area contributed by atoms with E-state index in [0.717, 1.165) is 33.6 Å². The van der Waals surface area contributed by atoms with Crippen LogP contribution < -0.4 is 16.0 Å². The fourth-order valence-corrected chi connectivity index (χ4v) is 9.00. The van der Waals surface area contributed by atoms with Gasteiger partial charge in [-0.25, -0.2) is 0 Å². The average molecular weight is 527 g/mol. The molecule has 5 heteroatoms. The van der Waals surface area contributed by atoms with Crippen LogP contribution >= 0.6 is 7.92 Å². The first-order valence-electron chi connectivity index (χ1n) is 13.2. The van der Waals surface area contributed by atoms with E-state index in [9.17, 15) is 0 Å². The van der Waals surface area contributed by atoms with Gasteiger partial charge in [0, 0.05) is 17.3 Å². The van der Waals surface area contributed by atoms with Crippen LogP contribution in [0.1, 0.15) is 58.7 Å². The lowest BCUT2D eigenvalue weighted by Crippen LogP contribution is -2.34. The van der Waals surface area contributed by atoms with Gasteiger partial charge in [-0.15, -0.1) is 0 Å². The molecular weight excluding hydrogens is 483 g/mol. The summed E-state index contributed by atoms with van der Waals surface area (Å²) < 4.78 is 0. The molecule has 38 heavy (non-hydrogen) atoms. The zero-order valence-corrected chi connectivity index (χ0v) is 24.7. The van der Waals surface area contributed by atoms with Crippen molar-refractivity contribution in [1.82, 2.24) is 10.6 Å². The highest BCUT2D eigenvalue weighted by atomic mass is 31.1. The Hall–Kier alpha value is -3.20. The van der Waals surface area contributed by atoms with E-state index < -0.39 is 7.92 Å². The molecule has 0 amide bonds. The van der Waals surface area contributed by atoms with Crippen LogP contribution in [0, 0.1) is 5.41 Å². The number of anilines is 1. The highest BCUT2D eigenvalue weighted by Crippen LogP contribution is 2.64. The van der Waals surface area contributed by atoms with Gasteiger partial charge in [0.15, 0.2) is 0 Å². The first kappa shape index (κ1) is 29.4. The summed E-state index contributed by atoms with van der Waals surface area (Å²) >= 11 is 0. The number of hydrogen-bond donors (Lipinski definition) is 4. The largest absolute Gasteiger partial charge is 0.355 e. The van der Waals surface area contributed by atoms with Gasteiger partial charge in [0.2, 0.25) is 0 Å². The molecule has 0 aromatic heterocycles. The standard InChI is InChI=1S/C33H43N4P/c1-32(2,3)38(33(4,5)6)28(23-24-34)37-31(29(35-7)25-17-11-8-12-18-25)30(26-19-13-9-14-20-26)36-27-21-15-10-16-22-27/h8-24,29,34-37H,1-7H3/b28-23+,31-30+,34-24?. The summed E-state index contributed by atoms with van der Waals surface area (Å²) in [4.78, 5) is 0. The van der Waals surface area contributed by atoms with Gasteiger partial charge in [-0.1, -0.05) is 120 Å². The summed E-state index contributed by atoms with van der Waals surface area (Å²) in [6, 6.07) is 31.2. The second-order valence-corrected chi connectivity index (χ2v) is 15.1. The lowest BCUT2D eigenvalue weighted by molar-refractivity contribution is 0.641. The maximum Gasteiger partial charge on any atom is 0.0748 e. The second kappa shape index (κ2) is 13.0. The van der Waals surface area contributed by atoms with Gasteiger partial charge in [0.1, 0.15) is 0 Å². The van der Waals surface area contributed by atoms with Crippen LogP contribution in [0.5, 0.6) is 0 Å². The van der Waals surface area contributed by atoms with E-state index in [0.29, 0.717) is 0 Å². The number of para-hydroxylation sites is 1. The van der Waals surface area contributed by atoms with Crippen molar-refractivity contribution in [3.63, 3.8) is 0 Å². The van der Waals surface area contributed by atoms with Crippen molar-refractivity contribution in [3.8, 4) is 0 Å². The summed E-state index contributed by atoms with van der Waals surface area (Å²) in [6.45, 7) is 13.8. The lowest BCUT2D eigenvalue weighted by Gasteiger charge is -2.44. The molecule has 0 saturated heterocycles. The molecule has 1 unspecified atom stereocenters. The van der Waals surface area contributed by atoms with Crippen LogP contribution in [0.15, 0.2) is 108 Å². The molecule has 0 aliphatic rings. The second-order valence-electron chi connectivity index (χ2n) is 11.3. The van der Waals surface area contributed by atoms with E-state index in [1.807, 2.05) is 43.5 Å². The van der Waals surface area contributed by atoms with Crippen molar-refractivity contribution in [2.24, 2.45) is 0 Å². The van der Waals surface area contributed by atoms with Gasteiger partial charge in [-0.3, -0.25) is 0 Å². The number of likely N-dealkylation sites (N-methyl/N-ethyl adjacent to an activating group) is 1. The third-order valence-electron chi connectivity index (χ3n) is 6.17. The predicted octanol–water partition coefficient (Wildman–Crippen LogP) is 8.59. The van der Waals surface area contributed by atoms with E-state index >= 15 is 0 Å². The number of benzene rings is 3. The van der Waals surface area contributed by atoms with Crippen LogP contribution in [0.25, 0.3) is 5.70 Å². The molecule has 4 N–H and O–H groups in total. The van der Waals surface area contributed by atoms with Crippen molar-refractivity contribution in [1.29, 1.82) is 5.41 Å². The highest BCUT2D eigenvalue weighted by molar-refractivity contribution is 7.65. The van der Waals surface area contributed by atoms with Crippen molar-refractivity contribution in [2.75, 3.05) is 12.4 Å². The van der Waals surface area contributed by atoms with Gasteiger partial charge in [-0.05, 0) is 54.6 Å². The average Bonchev–Trinajstić information content (AvgIpc) is 2.87. The monoisotopic (exact) mass is 526 g/mol. The number of allylic oxidation sites excluding steroid dienone is 1. The molecule has 3 aromatic rings. The molecule has 0 saturated carbocycles. The highest BCUT2D eigenvalue weighted by Gasteiger charge is 2.38. The minimum Gasteiger partial charge on any atom is -0.355 e. The van der Waals surface area contributed by atoms with Gasteiger partial charge < -0.3 is 21.4 Å². The van der Waals surface area contributed by atoms with E-state index in [1.165, 1.54) is 6.21 Å². The molecule has 4 nitrogen and oxygen atoms in total. The Morgan fingerprint density at radius 3 is 1.74 bits per heavy atom. The molecule has 0 aliphatic carbocycles. The minimum atomic E-state index is -0.687. The third kappa shape index (κ3) is 7.66. The zero-order valence-electron chi connectivity index (χ0n) is 23.8. The number of rotatable bonds is 10. The first-order valence-corrected chi connectivity index (χ1v) is 14.5. The smallest absolute Gasteiger partial charge is 0.0748 e. The fraction of sp³-hybridized carbons (Fsp3) is 0.303. The molecule has 3 rings (SSSR count). The summed E-state index contributed by atoms with van der Waals surface area (Å²) in [5, 5.41) is 19.4. The minimum absolute atomic E-state index is 0.0300. The molecule has 0 fully saturated rings. The SMILES string of the molecule is CNC(/C(N/C(=C\C=N)P(C(C)(C)C)C(C)(C)C)=C(\Nc1ccccc1)c1ccccc1)c1ccccc1. The van der Waals surface area contributed by atoms with Crippen molar-refractivity contribution in [2.45, 2.75) is 57.9 Å². The molecule has 0 bridgehead atoms. The topological polar surface area (TPSA) is 59.9 Å². The van der Waals surface area contributed by atoms with Gasteiger partial charge in [0.05, 0.1) is 17.4 Å². The predicted molar refractivity (Wildman–Crippen MR) is 168 cm³/mol. The van der Waals surface area contributed by atoms with Crippen LogP contribution in [-0.4, -0.2) is 23.6 Å². The molecular formula is C33H43N4P. The molecule has 0 aliphatic heterocycles. The maximum atomic E-state index is 8.07. The molecule has 3 aromatic carbocycles. The number of hydrogen-bond acceptors (Lipinski definition) is 4. The van der Waals surface area contributed by atoms with Crippen LogP contribution in [0.4, 0.5) is 5.69 Å². The Labute approximate surface area is 230 Å². The zero-order chi connectivity index (χ0) is 27.8. The fourth-order valence-electron chi connectivity index (χ4n) is 5.09. The van der Waals surface area contributed by atoms with E-state index in [1.54, 1.807) is 0 Å². The Kier molecular flexibility index (Phi) is 10.1. The van der Waals surface area contributed by atoms with Gasteiger partial charge in [0.25, 0.3) is 0 Å². The molecule has 0 spiro atoms. The Balaban J connectivity index is 2.33. The van der Waals surface area contributed by atoms with E-state index in [2.05, 4.69) is 118 Å². The molecule has 1 atom stereocenters. The quantitative estimate of drug-likeness (QED) is 0.158. The summed E-state index contributed by atoms with van der Waals surface area (Å²) in [6.07, 6.45) is 3.36. The summed E-state index contributed by atoms with van der Waals surface area (Å²) in [5.41, 5.74) is 6.35. The van der Waals surface area contributed by atoms with Gasteiger partial charge >= 0.3 is 0 Å². The van der Waals surface area contributed by atoms with E-state index in [4.69, 9.17) is 5.41 Å². The summed E-state index contributed by atoms with van der Waals surface area (Å²) in [7, 11) is 1.31. The molecule has 0 radical (unpaired) electrons. The maximum absolute atomic E-state index is 8.07. The van der Waals surface area contributed by atoms with Gasteiger partial charge in [-0.2, -0.15) is 0 Å². The lowest BCUT2D eigenvalue weighted by atomic mass is 9.99. The Bertz CT molecular complexity index is 1210. The Morgan fingerprint density at radius 2 is 1.26 bits per heavy atom. The Morgan fingerprint density at radius 1 is 0.763 bits per heavy atom. The number of nitrogens with one attached hydrogen (secondary N) is 4. The van der Waals surface area contributed by atoms with Crippen molar-refractivity contribution >= 4 is 25.5 Å². The normalized spacial score (nSPS) is 14.1. The van der Waals surface area contributed by atoms with Crippen LogP contribution in [0.2, 0.25) is 0 Å². The van der Waals surface area contributed by atoms with Crippen molar-refractivity contribution < 1.29 is 0 Å². The molecule has 0 heterocycles. The van der Waals surface area contributed by atoms with Crippen molar-refractivity contribution in [3.05, 3.63) is 119 Å². The summed E-state index contributed by atoms with van der Waals surface area (Å²) in [5.74, 6) is 0. The first-order chi connectivity index (χ1) is 18.1.